The van der Waals surface area contributed by atoms with E-state index in [9.17, 15) is 0 Å². The lowest BCUT2D eigenvalue weighted by Gasteiger charge is -2.11. The van der Waals surface area contributed by atoms with Crippen LogP contribution >= 0.6 is 0 Å². The number of benzene rings is 1. The van der Waals surface area contributed by atoms with Crippen LogP contribution in [0.5, 0.6) is 5.75 Å². The first kappa shape index (κ1) is 10.1. The van der Waals surface area contributed by atoms with Gasteiger partial charge in [0.05, 0.1) is 12.8 Å². The Balaban J connectivity index is 2.58. The van der Waals surface area contributed by atoms with Crippen LogP contribution in [0.25, 0.3) is 5.57 Å². The third kappa shape index (κ3) is 1.59. The average Bonchev–Trinajstić information content (AvgIpc) is 2.63. The highest BCUT2D eigenvalue weighted by Crippen LogP contribution is 2.41. The number of hydrogen-bond acceptors (Lipinski definition) is 3. The SMILES string of the molecule is COc1c(N)ccc2c1C(=CCN)CC2. The van der Waals surface area contributed by atoms with Crippen LogP contribution in [0.15, 0.2) is 18.2 Å². The number of rotatable bonds is 2. The molecule has 0 radical (unpaired) electrons. The van der Waals surface area contributed by atoms with Crippen molar-refractivity contribution < 1.29 is 4.74 Å². The Labute approximate surface area is 89.7 Å². The lowest BCUT2D eigenvalue weighted by molar-refractivity contribution is 0.415. The molecule has 2 rings (SSSR count). The Morgan fingerprint density at radius 2 is 2.20 bits per heavy atom. The normalized spacial score (nSPS) is 16.8. The van der Waals surface area contributed by atoms with Crippen molar-refractivity contribution in [3.8, 4) is 5.75 Å². The van der Waals surface area contributed by atoms with Crippen molar-refractivity contribution in [2.45, 2.75) is 12.8 Å². The molecule has 80 valence electrons. The molecule has 0 fully saturated rings. The van der Waals surface area contributed by atoms with Crippen molar-refractivity contribution in [1.82, 2.24) is 0 Å². The fraction of sp³-hybridized carbons (Fsp3) is 0.333. The van der Waals surface area contributed by atoms with Crippen LogP contribution < -0.4 is 16.2 Å². The third-order valence-corrected chi connectivity index (χ3v) is 2.83. The van der Waals surface area contributed by atoms with Gasteiger partial charge in [-0.1, -0.05) is 12.1 Å². The summed E-state index contributed by atoms with van der Waals surface area (Å²) in [4.78, 5) is 0. The van der Waals surface area contributed by atoms with Gasteiger partial charge in [0.1, 0.15) is 5.75 Å². The number of anilines is 1. The van der Waals surface area contributed by atoms with Gasteiger partial charge in [0.2, 0.25) is 0 Å². The first-order valence-electron chi connectivity index (χ1n) is 5.12. The number of nitrogen functional groups attached to an aromatic ring is 1. The Morgan fingerprint density at radius 1 is 1.40 bits per heavy atom. The first-order chi connectivity index (χ1) is 7.27. The monoisotopic (exact) mass is 204 g/mol. The Kier molecular flexibility index (Phi) is 2.64. The molecular weight excluding hydrogens is 188 g/mol. The van der Waals surface area contributed by atoms with Gasteiger partial charge in [0.25, 0.3) is 0 Å². The van der Waals surface area contributed by atoms with Gasteiger partial charge >= 0.3 is 0 Å². The molecule has 0 heterocycles. The van der Waals surface area contributed by atoms with Crippen LogP contribution in [-0.4, -0.2) is 13.7 Å². The van der Waals surface area contributed by atoms with Crippen molar-refractivity contribution in [2.75, 3.05) is 19.4 Å². The maximum atomic E-state index is 5.88. The third-order valence-electron chi connectivity index (χ3n) is 2.83. The molecule has 0 amide bonds. The zero-order chi connectivity index (χ0) is 10.8. The standard InChI is InChI=1S/C12H16N2O/c1-15-12-10(14)5-4-8-2-3-9(6-7-13)11(8)12/h4-6H,2-3,7,13-14H2,1H3. The fourth-order valence-corrected chi connectivity index (χ4v) is 2.16. The average molecular weight is 204 g/mol. The lowest BCUT2D eigenvalue weighted by atomic mass is 10.0. The van der Waals surface area contributed by atoms with E-state index in [1.807, 2.05) is 12.1 Å². The highest BCUT2D eigenvalue weighted by atomic mass is 16.5. The minimum atomic E-state index is 0.562. The van der Waals surface area contributed by atoms with E-state index in [0.717, 1.165) is 24.2 Å². The molecule has 0 aromatic heterocycles. The van der Waals surface area contributed by atoms with Gasteiger partial charge < -0.3 is 16.2 Å². The van der Waals surface area contributed by atoms with Crippen LogP contribution in [0, 0.1) is 0 Å². The van der Waals surface area contributed by atoms with E-state index in [2.05, 4.69) is 6.07 Å². The zero-order valence-electron chi connectivity index (χ0n) is 8.92. The second-order valence-electron chi connectivity index (χ2n) is 3.69. The summed E-state index contributed by atoms with van der Waals surface area (Å²) >= 11 is 0. The van der Waals surface area contributed by atoms with Crippen molar-refractivity contribution in [3.63, 3.8) is 0 Å². The highest BCUT2D eigenvalue weighted by Gasteiger charge is 2.21. The summed E-state index contributed by atoms with van der Waals surface area (Å²) in [7, 11) is 1.66. The maximum Gasteiger partial charge on any atom is 0.149 e. The van der Waals surface area contributed by atoms with E-state index in [0.29, 0.717) is 12.2 Å². The van der Waals surface area contributed by atoms with Gasteiger partial charge in [-0.3, -0.25) is 0 Å². The minimum Gasteiger partial charge on any atom is -0.494 e. The van der Waals surface area contributed by atoms with E-state index in [1.165, 1.54) is 11.1 Å². The molecule has 0 saturated carbocycles. The van der Waals surface area contributed by atoms with Gasteiger partial charge in [0.15, 0.2) is 0 Å². The fourth-order valence-electron chi connectivity index (χ4n) is 2.16. The topological polar surface area (TPSA) is 61.3 Å². The van der Waals surface area contributed by atoms with Crippen LogP contribution in [-0.2, 0) is 6.42 Å². The number of allylic oxidation sites excluding steroid dienone is 1. The van der Waals surface area contributed by atoms with E-state index in [4.69, 9.17) is 16.2 Å². The number of aryl methyl sites for hydroxylation is 1. The summed E-state index contributed by atoms with van der Waals surface area (Å²) in [5, 5.41) is 0. The largest absolute Gasteiger partial charge is 0.494 e. The lowest BCUT2D eigenvalue weighted by Crippen LogP contribution is -1.98. The van der Waals surface area contributed by atoms with E-state index in [-0.39, 0.29) is 0 Å². The van der Waals surface area contributed by atoms with Gasteiger partial charge in [-0.25, -0.2) is 0 Å². The molecule has 4 N–H and O–H groups in total. The maximum absolute atomic E-state index is 5.88. The highest BCUT2D eigenvalue weighted by molar-refractivity contribution is 5.81. The molecule has 0 aliphatic heterocycles. The van der Waals surface area contributed by atoms with Crippen LogP contribution in [0.1, 0.15) is 17.5 Å². The number of nitrogens with two attached hydrogens (primary N) is 2. The van der Waals surface area contributed by atoms with Crippen LogP contribution in [0.2, 0.25) is 0 Å². The molecule has 3 nitrogen and oxygen atoms in total. The number of methoxy groups -OCH3 is 1. The molecule has 0 saturated heterocycles. The summed E-state index contributed by atoms with van der Waals surface area (Å²) in [6.07, 6.45) is 4.14. The Bertz CT molecular complexity index is 410. The van der Waals surface area contributed by atoms with Gasteiger partial charge in [-0.2, -0.15) is 0 Å². The number of fused-ring (bicyclic) bond motifs is 1. The summed E-state index contributed by atoms with van der Waals surface area (Å²) in [6.45, 7) is 0.562. The molecule has 1 aromatic carbocycles. The van der Waals surface area contributed by atoms with Crippen molar-refractivity contribution >= 4 is 11.3 Å². The first-order valence-corrected chi connectivity index (χ1v) is 5.12. The van der Waals surface area contributed by atoms with Crippen molar-refractivity contribution in [1.29, 1.82) is 0 Å². The predicted molar refractivity (Wildman–Crippen MR) is 62.8 cm³/mol. The van der Waals surface area contributed by atoms with Gasteiger partial charge in [-0.15, -0.1) is 0 Å². The molecule has 0 atom stereocenters. The summed E-state index contributed by atoms with van der Waals surface area (Å²) in [5.74, 6) is 0.796. The smallest absolute Gasteiger partial charge is 0.149 e. The Hall–Kier alpha value is -1.48. The summed E-state index contributed by atoms with van der Waals surface area (Å²) in [5.41, 5.74) is 15.8. The van der Waals surface area contributed by atoms with E-state index >= 15 is 0 Å². The van der Waals surface area contributed by atoms with Crippen LogP contribution in [0.4, 0.5) is 5.69 Å². The molecule has 0 unspecified atom stereocenters. The Morgan fingerprint density at radius 3 is 2.87 bits per heavy atom. The molecule has 0 bridgehead atoms. The zero-order valence-corrected chi connectivity index (χ0v) is 8.92. The molecule has 1 aliphatic carbocycles. The van der Waals surface area contributed by atoms with Crippen molar-refractivity contribution in [2.24, 2.45) is 5.73 Å². The van der Waals surface area contributed by atoms with Crippen molar-refractivity contribution in [3.05, 3.63) is 29.3 Å². The number of hydrogen-bond donors (Lipinski definition) is 2. The molecule has 15 heavy (non-hydrogen) atoms. The molecule has 3 heteroatoms. The molecule has 1 aromatic rings. The predicted octanol–water partition coefficient (Wildman–Crippen LogP) is 1.57. The summed E-state index contributed by atoms with van der Waals surface area (Å²) < 4.78 is 5.36. The quantitative estimate of drug-likeness (QED) is 0.719. The van der Waals surface area contributed by atoms with Crippen LogP contribution in [0.3, 0.4) is 0 Å². The van der Waals surface area contributed by atoms with Gasteiger partial charge in [-0.05, 0) is 30.0 Å². The number of ether oxygens (including phenoxy) is 1. The molecule has 0 spiro atoms. The van der Waals surface area contributed by atoms with E-state index in [1.54, 1.807) is 7.11 Å². The second-order valence-corrected chi connectivity index (χ2v) is 3.69. The second kappa shape index (κ2) is 3.95. The minimum absolute atomic E-state index is 0.562. The molecular formula is C12H16N2O. The van der Waals surface area contributed by atoms with Gasteiger partial charge in [0, 0.05) is 12.1 Å². The van der Waals surface area contributed by atoms with E-state index < -0.39 is 0 Å². The molecule has 1 aliphatic rings. The summed E-state index contributed by atoms with van der Waals surface area (Å²) in [6, 6.07) is 3.98.